The van der Waals surface area contributed by atoms with E-state index in [2.05, 4.69) is 53.6 Å². The summed E-state index contributed by atoms with van der Waals surface area (Å²) in [6.45, 7) is 8.23. The first-order valence-corrected chi connectivity index (χ1v) is 8.61. The largest absolute Gasteiger partial charge is 0.350 e. The summed E-state index contributed by atoms with van der Waals surface area (Å²) in [6, 6.07) is 8.51. The van der Waals surface area contributed by atoms with Gasteiger partial charge in [-0.25, -0.2) is 0 Å². The van der Waals surface area contributed by atoms with Crippen LogP contribution < -0.4 is 5.32 Å². The van der Waals surface area contributed by atoms with E-state index < -0.39 is 0 Å². The molecule has 1 atom stereocenters. The van der Waals surface area contributed by atoms with Crippen LogP contribution in [0.15, 0.2) is 28.8 Å². The first kappa shape index (κ1) is 18.2. The first-order chi connectivity index (χ1) is 11.4. The quantitative estimate of drug-likeness (QED) is 0.800. The number of aryl methyl sites for hydroxylation is 2. The minimum Gasteiger partial charge on any atom is -0.350 e. The number of nitrogens with zero attached hydrogens (tertiary/aromatic N) is 2. The van der Waals surface area contributed by atoms with Crippen LogP contribution in [0.25, 0.3) is 0 Å². The van der Waals surface area contributed by atoms with E-state index in [-0.39, 0.29) is 11.9 Å². The molecule has 5 nitrogen and oxygen atoms in total. The van der Waals surface area contributed by atoms with Crippen LogP contribution in [0.3, 0.4) is 0 Å². The van der Waals surface area contributed by atoms with Crippen LogP contribution in [-0.2, 0) is 17.6 Å². The maximum Gasteiger partial charge on any atom is 0.226 e. The predicted molar refractivity (Wildman–Crippen MR) is 93.5 cm³/mol. The molecule has 5 heteroatoms. The predicted octanol–water partition coefficient (Wildman–Crippen LogP) is 3.78. The molecule has 0 aliphatic heterocycles. The van der Waals surface area contributed by atoms with Crippen molar-refractivity contribution >= 4 is 5.91 Å². The molecular weight excluding hydrogens is 302 g/mol. The molecule has 24 heavy (non-hydrogen) atoms. The summed E-state index contributed by atoms with van der Waals surface area (Å²) >= 11 is 0. The molecule has 0 saturated carbocycles. The summed E-state index contributed by atoms with van der Waals surface area (Å²) in [7, 11) is 0. The fourth-order valence-corrected chi connectivity index (χ4v) is 2.65. The fraction of sp³-hybridized carbons (Fsp3) is 0.526. The highest BCUT2D eigenvalue weighted by Gasteiger charge is 2.11. The molecule has 2 aromatic rings. The van der Waals surface area contributed by atoms with Crippen molar-refractivity contribution in [2.24, 2.45) is 5.92 Å². The van der Waals surface area contributed by atoms with E-state index in [4.69, 9.17) is 4.52 Å². The monoisotopic (exact) mass is 329 g/mol. The average molecular weight is 329 g/mol. The molecule has 0 bridgehead atoms. The molecule has 0 aliphatic rings. The third kappa shape index (κ3) is 5.80. The zero-order valence-corrected chi connectivity index (χ0v) is 15.0. The number of benzene rings is 1. The van der Waals surface area contributed by atoms with Crippen LogP contribution in [0.4, 0.5) is 0 Å². The Labute approximate surface area is 143 Å². The van der Waals surface area contributed by atoms with Crippen molar-refractivity contribution in [2.75, 3.05) is 0 Å². The van der Waals surface area contributed by atoms with Gasteiger partial charge in [-0.15, -0.1) is 0 Å². The van der Waals surface area contributed by atoms with Crippen LogP contribution in [0, 0.1) is 12.8 Å². The topological polar surface area (TPSA) is 68.0 Å². The van der Waals surface area contributed by atoms with Crippen molar-refractivity contribution in [2.45, 2.75) is 59.4 Å². The van der Waals surface area contributed by atoms with Gasteiger partial charge in [-0.05, 0) is 43.7 Å². The molecule has 2 rings (SSSR count). The average Bonchev–Trinajstić information content (AvgIpc) is 2.92. The smallest absolute Gasteiger partial charge is 0.226 e. The lowest BCUT2D eigenvalue weighted by Crippen LogP contribution is -2.26. The summed E-state index contributed by atoms with van der Waals surface area (Å²) < 4.78 is 5.04. The molecule has 0 aliphatic carbocycles. The molecule has 1 amide bonds. The summed E-state index contributed by atoms with van der Waals surface area (Å²) in [5.41, 5.74) is 2.46. The number of aromatic nitrogens is 2. The Morgan fingerprint density at radius 2 is 1.92 bits per heavy atom. The second-order valence-electron chi connectivity index (χ2n) is 6.72. The second kappa shape index (κ2) is 8.62. The maximum absolute atomic E-state index is 12.1. The number of nitrogens with one attached hydrogen (secondary N) is 1. The van der Waals surface area contributed by atoms with Crippen LogP contribution in [0.5, 0.6) is 0 Å². The highest BCUT2D eigenvalue weighted by atomic mass is 16.5. The summed E-state index contributed by atoms with van der Waals surface area (Å²) in [5.74, 6) is 1.92. The summed E-state index contributed by atoms with van der Waals surface area (Å²) in [6.07, 6.45) is 2.87. The fourth-order valence-electron chi connectivity index (χ4n) is 2.65. The lowest BCUT2D eigenvalue weighted by Gasteiger charge is -2.15. The van der Waals surface area contributed by atoms with Crippen LogP contribution in [0.1, 0.15) is 62.5 Å². The minimum atomic E-state index is 0.0104. The van der Waals surface area contributed by atoms with Crippen molar-refractivity contribution in [1.82, 2.24) is 15.5 Å². The van der Waals surface area contributed by atoms with Gasteiger partial charge >= 0.3 is 0 Å². The molecular formula is C19H27N3O2. The van der Waals surface area contributed by atoms with Crippen molar-refractivity contribution in [1.29, 1.82) is 0 Å². The third-order valence-corrected chi connectivity index (χ3v) is 3.87. The van der Waals surface area contributed by atoms with Gasteiger partial charge in [0, 0.05) is 12.8 Å². The SMILES string of the molecule is Cc1noc(CCCC(=O)NC(C)c2ccc(CC(C)C)cc2)n1. The number of rotatable bonds is 8. The molecule has 1 aromatic heterocycles. The summed E-state index contributed by atoms with van der Waals surface area (Å²) in [5, 5.41) is 6.78. The van der Waals surface area contributed by atoms with Crippen LogP contribution in [0.2, 0.25) is 0 Å². The van der Waals surface area contributed by atoms with Crippen molar-refractivity contribution in [3.05, 3.63) is 47.1 Å². The normalized spacial score (nSPS) is 12.4. The van der Waals surface area contributed by atoms with Crippen LogP contribution in [-0.4, -0.2) is 16.0 Å². The lowest BCUT2D eigenvalue weighted by molar-refractivity contribution is -0.121. The Kier molecular flexibility index (Phi) is 6.53. The molecule has 1 N–H and O–H groups in total. The number of carbonyl (C=O) groups excluding carboxylic acids is 1. The van der Waals surface area contributed by atoms with E-state index in [0.717, 1.165) is 12.0 Å². The van der Waals surface area contributed by atoms with Gasteiger partial charge in [0.15, 0.2) is 5.82 Å². The third-order valence-electron chi connectivity index (χ3n) is 3.87. The minimum absolute atomic E-state index is 0.0104. The lowest BCUT2D eigenvalue weighted by atomic mass is 10.00. The Bertz CT molecular complexity index is 647. The number of amides is 1. The second-order valence-corrected chi connectivity index (χ2v) is 6.72. The molecule has 0 radical (unpaired) electrons. The van der Waals surface area contributed by atoms with Gasteiger partial charge in [-0.2, -0.15) is 4.98 Å². The van der Waals surface area contributed by atoms with Crippen molar-refractivity contribution in [3.63, 3.8) is 0 Å². The molecule has 1 unspecified atom stereocenters. The van der Waals surface area contributed by atoms with Crippen molar-refractivity contribution in [3.8, 4) is 0 Å². The number of carbonyl (C=O) groups is 1. The highest BCUT2D eigenvalue weighted by Crippen LogP contribution is 2.16. The standard InChI is InChI=1S/C19H27N3O2/c1-13(2)12-16-8-10-17(11-9-16)14(3)20-18(23)6-5-7-19-21-15(4)22-24-19/h8-11,13-14H,5-7,12H2,1-4H3,(H,20,23). The molecule has 0 fully saturated rings. The van der Waals surface area contributed by atoms with Gasteiger partial charge in [0.2, 0.25) is 11.8 Å². The molecule has 1 heterocycles. The number of hydrogen-bond donors (Lipinski definition) is 1. The maximum atomic E-state index is 12.1. The van der Waals surface area contributed by atoms with E-state index >= 15 is 0 Å². The van der Waals surface area contributed by atoms with E-state index in [1.54, 1.807) is 6.92 Å². The van der Waals surface area contributed by atoms with Crippen molar-refractivity contribution < 1.29 is 9.32 Å². The van der Waals surface area contributed by atoms with E-state index in [1.807, 2.05) is 6.92 Å². The Morgan fingerprint density at radius 3 is 2.50 bits per heavy atom. The number of hydrogen-bond acceptors (Lipinski definition) is 4. The van der Waals surface area contributed by atoms with Gasteiger partial charge in [-0.3, -0.25) is 4.79 Å². The Morgan fingerprint density at radius 1 is 1.21 bits per heavy atom. The van der Waals surface area contributed by atoms with Gasteiger partial charge in [-0.1, -0.05) is 43.3 Å². The Hall–Kier alpha value is -2.17. The zero-order chi connectivity index (χ0) is 17.5. The van der Waals surface area contributed by atoms with Gasteiger partial charge in [0.05, 0.1) is 6.04 Å². The molecule has 1 aromatic carbocycles. The molecule has 0 spiro atoms. The Balaban J connectivity index is 1.76. The molecule has 0 saturated heterocycles. The van der Waals surface area contributed by atoms with Crippen LogP contribution >= 0.6 is 0 Å². The van der Waals surface area contributed by atoms with Gasteiger partial charge in [0.25, 0.3) is 0 Å². The molecule has 130 valence electrons. The zero-order valence-electron chi connectivity index (χ0n) is 15.0. The van der Waals surface area contributed by atoms with E-state index in [9.17, 15) is 4.79 Å². The first-order valence-electron chi connectivity index (χ1n) is 8.61. The van der Waals surface area contributed by atoms with Gasteiger partial charge < -0.3 is 9.84 Å². The van der Waals surface area contributed by atoms with E-state index in [0.29, 0.717) is 36.9 Å². The summed E-state index contributed by atoms with van der Waals surface area (Å²) in [4.78, 5) is 16.2. The van der Waals surface area contributed by atoms with Gasteiger partial charge in [0.1, 0.15) is 0 Å². The highest BCUT2D eigenvalue weighted by molar-refractivity contribution is 5.76. The van der Waals surface area contributed by atoms with E-state index in [1.165, 1.54) is 5.56 Å².